The second-order valence-electron chi connectivity index (χ2n) is 7.08. The fraction of sp³-hybridized carbons (Fsp3) is 0.333. The van der Waals surface area contributed by atoms with E-state index in [0.717, 1.165) is 42.9 Å². The molecule has 2 aromatic carbocycles. The Labute approximate surface area is 162 Å². The number of carbonyl (C=O) groups is 2. The molecule has 0 atom stereocenters. The van der Waals surface area contributed by atoms with Crippen LogP contribution in [0.5, 0.6) is 0 Å². The summed E-state index contributed by atoms with van der Waals surface area (Å²) >= 11 is 0. The maximum absolute atomic E-state index is 13.2. The van der Waals surface area contributed by atoms with E-state index in [9.17, 15) is 18.4 Å². The maximum atomic E-state index is 13.2. The number of rotatable bonds is 5. The lowest BCUT2D eigenvalue weighted by atomic mass is 9.99. The molecule has 5 nitrogen and oxygen atoms in total. The molecule has 1 fully saturated rings. The minimum Gasteiger partial charge on any atom is -0.372 e. The molecule has 0 bridgehead atoms. The normalized spacial score (nSPS) is 14.6. The van der Waals surface area contributed by atoms with Crippen molar-refractivity contribution in [1.29, 1.82) is 0 Å². The van der Waals surface area contributed by atoms with Crippen molar-refractivity contribution in [3.63, 3.8) is 0 Å². The van der Waals surface area contributed by atoms with Crippen LogP contribution in [-0.2, 0) is 4.79 Å². The summed E-state index contributed by atoms with van der Waals surface area (Å²) < 4.78 is 26.1. The summed E-state index contributed by atoms with van der Waals surface area (Å²) in [6.45, 7) is 4.05. The van der Waals surface area contributed by atoms with Gasteiger partial charge >= 0.3 is 0 Å². The average molecular weight is 387 g/mol. The molecule has 3 rings (SSSR count). The van der Waals surface area contributed by atoms with Crippen molar-refractivity contribution < 1.29 is 18.4 Å². The van der Waals surface area contributed by atoms with Gasteiger partial charge in [0.1, 0.15) is 0 Å². The van der Waals surface area contributed by atoms with E-state index in [1.165, 1.54) is 12.8 Å². The number of carbonyl (C=O) groups excluding carboxylic acids is 2. The van der Waals surface area contributed by atoms with Crippen molar-refractivity contribution >= 4 is 23.2 Å². The zero-order valence-corrected chi connectivity index (χ0v) is 15.7. The number of halogens is 2. The molecule has 0 unspecified atom stereocenters. The van der Waals surface area contributed by atoms with Crippen LogP contribution in [0.4, 0.5) is 20.2 Å². The van der Waals surface area contributed by atoms with Crippen LogP contribution in [0.1, 0.15) is 30.1 Å². The Balaban J connectivity index is 1.49. The molecule has 1 heterocycles. The third-order valence-electron chi connectivity index (χ3n) is 4.89. The molecule has 7 heteroatoms. The first-order chi connectivity index (χ1) is 13.4. The Kier molecular flexibility index (Phi) is 6.23. The highest BCUT2D eigenvalue weighted by Crippen LogP contribution is 2.24. The van der Waals surface area contributed by atoms with E-state index in [0.29, 0.717) is 5.69 Å². The van der Waals surface area contributed by atoms with E-state index in [1.54, 1.807) is 0 Å². The summed E-state index contributed by atoms with van der Waals surface area (Å²) in [4.78, 5) is 26.3. The molecule has 1 aliphatic heterocycles. The minimum atomic E-state index is -1.11. The van der Waals surface area contributed by atoms with Gasteiger partial charge in [-0.1, -0.05) is 6.92 Å². The summed E-state index contributed by atoms with van der Waals surface area (Å²) in [6, 6.07) is 10.4. The van der Waals surface area contributed by atoms with Gasteiger partial charge in [-0.15, -0.1) is 0 Å². The molecule has 1 aliphatic rings. The quantitative estimate of drug-likeness (QED) is 0.825. The Morgan fingerprint density at radius 3 is 2.36 bits per heavy atom. The molecule has 2 N–H and O–H groups in total. The van der Waals surface area contributed by atoms with Crippen LogP contribution < -0.4 is 15.5 Å². The van der Waals surface area contributed by atoms with Gasteiger partial charge in [0.05, 0.1) is 6.54 Å². The molecular formula is C21H23F2N3O2. The van der Waals surface area contributed by atoms with Gasteiger partial charge in [-0.2, -0.15) is 0 Å². The average Bonchev–Trinajstić information content (AvgIpc) is 2.69. The lowest BCUT2D eigenvalue weighted by Gasteiger charge is -2.32. The van der Waals surface area contributed by atoms with Gasteiger partial charge in [0.2, 0.25) is 5.91 Å². The van der Waals surface area contributed by atoms with Gasteiger partial charge in [-0.3, -0.25) is 9.59 Å². The second kappa shape index (κ2) is 8.82. The minimum absolute atomic E-state index is 0.0492. The van der Waals surface area contributed by atoms with Gasteiger partial charge in [0, 0.05) is 30.0 Å². The second-order valence-corrected chi connectivity index (χ2v) is 7.08. The standard InChI is InChI=1S/C21H23F2N3O2/c1-14-8-10-26(11-9-14)17-5-3-16(4-6-17)25-20(27)13-24-21(28)15-2-7-18(22)19(23)12-15/h2-7,12,14H,8-11,13H2,1H3,(H,24,28)(H,25,27). The number of hydrogen-bond acceptors (Lipinski definition) is 3. The molecule has 0 spiro atoms. The number of anilines is 2. The molecular weight excluding hydrogens is 364 g/mol. The number of nitrogens with zero attached hydrogens (tertiary/aromatic N) is 1. The Hall–Kier alpha value is -2.96. The zero-order valence-electron chi connectivity index (χ0n) is 15.7. The summed E-state index contributed by atoms with van der Waals surface area (Å²) in [6.07, 6.45) is 2.35. The van der Waals surface area contributed by atoms with Gasteiger partial charge in [-0.05, 0) is 61.2 Å². The number of nitrogens with one attached hydrogen (secondary N) is 2. The van der Waals surface area contributed by atoms with Gasteiger partial charge in [0.15, 0.2) is 11.6 Å². The van der Waals surface area contributed by atoms with Gasteiger partial charge in [0.25, 0.3) is 5.91 Å². The van der Waals surface area contributed by atoms with E-state index in [2.05, 4.69) is 22.5 Å². The number of benzene rings is 2. The van der Waals surface area contributed by atoms with Gasteiger partial charge in [-0.25, -0.2) is 8.78 Å². The van der Waals surface area contributed by atoms with Crippen LogP contribution in [0.25, 0.3) is 0 Å². The van der Waals surface area contributed by atoms with E-state index in [4.69, 9.17) is 0 Å². The zero-order chi connectivity index (χ0) is 20.1. The molecule has 2 aromatic rings. The first-order valence-electron chi connectivity index (χ1n) is 9.30. The van der Waals surface area contributed by atoms with Crippen LogP contribution in [0.2, 0.25) is 0 Å². The SMILES string of the molecule is CC1CCN(c2ccc(NC(=O)CNC(=O)c3ccc(F)c(F)c3)cc2)CC1. The van der Waals surface area contributed by atoms with E-state index in [1.807, 2.05) is 24.3 Å². The third kappa shape index (κ3) is 5.06. The van der Waals surface area contributed by atoms with E-state index < -0.39 is 23.4 Å². The largest absolute Gasteiger partial charge is 0.372 e. The van der Waals surface area contributed by atoms with Crippen LogP contribution in [-0.4, -0.2) is 31.4 Å². The smallest absolute Gasteiger partial charge is 0.251 e. The maximum Gasteiger partial charge on any atom is 0.251 e. The molecule has 28 heavy (non-hydrogen) atoms. The summed E-state index contributed by atoms with van der Waals surface area (Å²) in [5.41, 5.74) is 1.70. The van der Waals surface area contributed by atoms with Crippen molar-refractivity contribution in [1.82, 2.24) is 5.32 Å². The molecule has 0 aliphatic carbocycles. The summed E-state index contributed by atoms with van der Waals surface area (Å²) in [7, 11) is 0. The van der Waals surface area contributed by atoms with E-state index >= 15 is 0 Å². The topological polar surface area (TPSA) is 61.4 Å². The Morgan fingerprint density at radius 2 is 1.71 bits per heavy atom. The first-order valence-corrected chi connectivity index (χ1v) is 9.30. The first kappa shape index (κ1) is 19.8. The lowest BCUT2D eigenvalue weighted by Crippen LogP contribution is -2.33. The molecule has 148 valence electrons. The number of piperidine rings is 1. The predicted molar refractivity (Wildman–Crippen MR) is 104 cm³/mol. The molecule has 0 saturated carbocycles. The lowest BCUT2D eigenvalue weighted by molar-refractivity contribution is -0.115. The Morgan fingerprint density at radius 1 is 1.04 bits per heavy atom. The van der Waals surface area contributed by atoms with Crippen LogP contribution >= 0.6 is 0 Å². The van der Waals surface area contributed by atoms with Crippen molar-refractivity contribution in [2.45, 2.75) is 19.8 Å². The van der Waals surface area contributed by atoms with Crippen LogP contribution in [0.3, 0.4) is 0 Å². The van der Waals surface area contributed by atoms with E-state index in [-0.39, 0.29) is 12.1 Å². The number of hydrogen-bond donors (Lipinski definition) is 2. The third-order valence-corrected chi connectivity index (χ3v) is 4.89. The van der Waals surface area contributed by atoms with Crippen molar-refractivity contribution in [3.05, 3.63) is 59.7 Å². The van der Waals surface area contributed by atoms with Gasteiger partial charge < -0.3 is 15.5 Å². The molecule has 2 amide bonds. The van der Waals surface area contributed by atoms with Crippen molar-refractivity contribution in [2.75, 3.05) is 29.9 Å². The van der Waals surface area contributed by atoms with Crippen molar-refractivity contribution in [3.8, 4) is 0 Å². The monoisotopic (exact) mass is 387 g/mol. The predicted octanol–water partition coefficient (Wildman–Crippen LogP) is 3.57. The summed E-state index contributed by atoms with van der Waals surface area (Å²) in [5, 5.41) is 5.08. The van der Waals surface area contributed by atoms with Crippen LogP contribution in [0, 0.1) is 17.6 Å². The molecule has 0 aromatic heterocycles. The van der Waals surface area contributed by atoms with Crippen molar-refractivity contribution in [2.24, 2.45) is 5.92 Å². The molecule has 1 saturated heterocycles. The highest BCUT2D eigenvalue weighted by atomic mass is 19.2. The fourth-order valence-electron chi connectivity index (χ4n) is 3.13. The molecule has 0 radical (unpaired) electrons. The Bertz CT molecular complexity index is 847. The summed E-state index contributed by atoms with van der Waals surface area (Å²) in [5.74, 6) is -2.44. The highest BCUT2D eigenvalue weighted by molar-refractivity contribution is 5.99. The highest BCUT2D eigenvalue weighted by Gasteiger charge is 2.16. The number of amides is 2. The fourth-order valence-corrected chi connectivity index (χ4v) is 3.13. The van der Waals surface area contributed by atoms with Crippen LogP contribution in [0.15, 0.2) is 42.5 Å².